The van der Waals surface area contributed by atoms with Crippen molar-refractivity contribution in [3.63, 3.8) is 0 Å². The number of alkyl halides is 3. The number of aromatic nitrogens is 2. The molecule has 1 aliphatic heterocycles. The number of hydrogen-bond donors (Lipinski definition) is 4. The SMILES string of the molecule is Cn1c2c(c(=O)n(C)c1=O)C(NS(=O)(=O)c1ccc(NC(=O)Nc3cccc(Cl)c3)cc1)(C(F)(F)F)C(=O)N2. The highest BCUT2D eigenvalue weighted by atomic mass is 35.5. The minimum Gasteiger partial charge on any atom is -0.309 e. The Kier molecular flexibility index (Phi) is 6.82. The van der Waals surface area contributed by atoms with Crippen molar-refractivity contribution >= 4 is 50.8 Å². The maximum Gasteiger partial charge on any atom is 0.421 e. The van der Waals surface area contributed by atoms with Crippen LogP contribution in [0.2, 0.25) is 5.02 Å². The average molecular weight is 587 g/mol. The lowest BCUT2D eigenvalue weighted by Crippen LogP contribution is -2.62. The number of carbonyl (C=O) groups is 2. The first kappa shape index (κ1) is 27.9. The highest BCUT2D eigenvalue weighted by Crippen LogP contribution is 2.45. The van der Waals surface area contributed by atoms with E-state index in [1.807, 2.05) is 0 Å². The van der Waals surface area contributed by atoms with E-state index in [0.29, 0.717) is 19.8 Å². The number of benzene rings is 2. The number of hydrogen-bond acceptors (Lipinski definition) is 6. The van der Waals surface area contributed by atoms with Gasteiger partial charge < -0.3 is 16.0 Å². The van der Waals surface area contributed by atoms with Crippen molar-refractivity contribution in [3.05, 3.63) is 80.0 Å². The Hall–Kier alpha value is -4.15. The van der Waals surface area contributed by atoms with Crippen LogP contribution in [0.1, 0.15) is 5.56 Å². The van der Waals surface area contributed by atoms with Crippen LogP contribution in [-0.2, 0) is 34.5 Å². The number of sulfonamides is 1. The van der Waals surface area contributed by atoms with E-state index in [4.69, 9.17) is 11.6 Å². The molecule has 1 aromatic heterocycles. The van der Waals surface area contributed by atoms with Gasteiger partial charge in [-0.05, 0) is 42.5 Å². The van der Waals surface area contributed by atoms with Crippen molar-refractivity contribution in [1.29, 1.82) is 0 Å². The Morgan fingerprint density at radius 2 is 1.59 bits per heavy atom. The molecule has 0 radical (unpaired) electrons. The maximum atomic E-state index is 14.5. The van der Waals surface area contributed by atoms with E-state index in [1.54, 1.807) is 23.5 Å². The molecular weight excluding hydrogens is 569 g/mol. The number of halogens is 4. The van der Waals surface area contributed by atoms with Crippen LogP contribution >= 0.6 is 11.6 Å². The topological polar surface area (TPSA) is 160 Å². The summed E-state index contributed by atoms with van der Waals surface area (Å²) < 4.78 is 71.8. The number of carbonyl (C=O) groups excluding carboxylic acids is 2. The van der Waals surface area contributed by atoms with Gasteiger partial charge in [-0.3, -0.25) is 18.7 Å². The molecule has 0 spiro atoms. The number of amides is 3. The predicted octanol–water partition coefficient (Wildman–Crippen LogP) is 2.07. The third kappa shape index (κ3) is 4.77. The van der Waals surface area contributed by atoms with Crippen LogP contribution in [0.5, 0.6) is 0 Å². The molecule has 0 aliphatic carbocycles. The zero-order valence-electron chi connectivity index (χ0n) is 19.9. The second-order valence-electron chi connectivity index (χ2n) is 8.35. The summed E-state index contributed by atoms with van der Waals surface area (Å²) in [6.45, 7) is 0. The van der Waals surface area contributed by atoms with Crippen molar-refractivity contribution in [1.82, 2.24) is 13.9 Å². The van der Waals surface area contributed by atoms with Crippen LogP contribution in [0.25, 0.3) is 0 Å². The van der Waals surface area contributed by atoms with Gasteiger partial charge in [0.1, 0.15) is 5.82 Å². The summed E-state index contributed by atoms with van der Waals surface area (Å²) in [5.74, 6) is -2.71. The number of rotatable bonds is 5. The van der Waals surface area contributed by atoms with Gasteiger partial charge in [-0.2, -0.15) is 17.9 Å². The predicted molar refractivity (Wildman–Crippen MR) is 134 cm³/mol. The van der Waals surface area contributed by atoms with Gasteiger partial charge >= 0.3 is 17.9 Å². The molecule has 4 rings (SSSR count). The standard InChI is InChI=1S/C22H18ClF3N6O6S/c1-31-16-15(17(33)32(2)20(31)36)21(18(34)29-16,22(24,25)26)30-39(37,38)14-8-6-12(7-9-14)27-19(35)28-13-5-3-4-11(23)10-13/h3-10,30H,1-2H3,(H,29,34)(H2,27,28,35). The van der Waals surface area contributed by atoms with E-state index in [0.717, 1.165) is 38.4 Å². The molecule has 206 valence electrons. The average Bonchev–Trinajstić information content (AvgIpc) is 3.14. The lowest BCUT2D eigenvalue weighted by Gasteiger charge is -2.30. The quantitative estimate of drug-likeness (QED) is 0.358. The van der Waals surface area contributed by atoms with Crippen molar-refractivity contribution in [2.75, 3.05) is 16.0 Å². The third-order valence-corrected chi connectivity index (χ3v) is 7.53. The summed E-state index contributed by atoms with van der Waals surface area (Å²) in [7, 11) is -3.22. The fourth-order valence-electron chi connectivity index (χ4n) is 3.91. The van der Waals surface area contributed by atoms with E-state index in [1.165, 1.54) is 10.8 Å². The van der Waals surface area contributed by atoms with Crippen molar-refractivity contribution in [2.24, 2.45) is 14.1 Å². The molecule has 4 N–H and O–H groups in total. The lowest BCUT2D eigenvalue weighted by atomic mass is 9.93. The normalized spacial score (nSPS) is 16.9. The molecule has 2 heterocycles. The Bertz CT molecular complexity index is 1740. The van der Waals surface area contributed by atoms with Gasteiger partial charge in [0.15, 0.2) is 0 Å². The zero-order valence-corrected chi connectivity index (χ0v) is 21.5. The summed E-state index contributed by atoms with van der Waals surface area (Å²) in [4.78, 5) is 49.1. The summed E-state index contributed by atoms with van der Waals surface area (Å²) in [6, 6.07) is 9.46. The maximum absolute atomic E-state index is 14.5. The van der Waals surface area contributed by atoms with E-state index in [-0.39, 0.29) is 5.69 Å². The fourth-order valence-corrected chi connectivity index (χ4v) is 5.42. The Morgan fingerprint density at radius 3 is 2.18 bits per heavy atom. The summed E-state index contributed by atoms with van der Waals surface area (Å²) in [5.41, 5.74) is -7.45. The lowest BCUT2D eigenvalue weighted by molar-refractivity contribution is -0.194. The molecule has 3 aromatic rings. The Morgan fingerprint density at radius 1 is 0.974 bits per heavy atom. The van der Waals surface area contributed by atoms with Crippen LogP contribution < -0.4 is 31.9 Å². The molecule has 0 saturated heterocycles. The first-order chi connectivity index (χ1) is 18.1. The molecule has 0 fully saturated rings. The minimum atomic E-state index is -5.64. The molecule has 0 bridgehead atoms. The van der Waals surface area contributed by atoms with E-state index < -0.39 is 61.2 Å². The smallest absolute Gasteiger partial charge is 0.309 e. The number of nitrogens with one attached hydrogen (secondary N) is 4. The molecule has 2 aromatic carbocycles. The monoisotopic (exact) mass is 586 g/mol. The molecular formula is C22H18ClF3N6O6S. The summed E-state index contributed by atoms with van der Waals surface area (Å²) in [5, 5.41) is 7.06. The highest BCUT2D eigenvalue weighted by Gasteiger charge is 2.69. The molecule has 39 heavy (non-hydrogen) atoms. The number of anilines is 3. The minimum absolute atomic E-state index is 0.0758. The second-order valence-corrected chi connectivity index (χ2v) is 10.5. The molecule has 17 heteroatoms. The van der Waals surface area contributed by atoms with Gasteiger partial charge in [0.25, 0.3) is 11.5 Å². The van der Waals surface area contributed by atoms with Gasteiger partial charge in [0, 0.05) is 30.5 Å². The van der Waals surface area contributed by atoms with Crippen LogP contribution in [0.3, 0.4) is 0 Å². The summed E-state index contributed by atoms with van der Waals surface area (Å²) in [6.07, 6.45) is -5.64. The Balaban J connectivity index is 1.67. The van der Waals surface area contributed by atoms with Crippen LogP contribution in [0, 0.1) is 0 Å². The van der Waals surface area contributed by atoms with Gasteiger partial charge in [0.05, 0.1) is 10.5 Å². The molecule has 0 saturated carbocycles. The largest absolute Gasteiger partial charge is 0.421 e. The first-order valence-electron chi connectivity index (χ1n) is 10.7. The van der Waals surface area contributed by atoms with Crippen molar-refractivity contribution in [2.45, 2.75) is 16.6 Å². The van der Waals surface area contributed by atoms with Gasteiger partial charge in [0.2, 0.25) is 15.6 Å². The van der Waals surface area contributed by atoms with Gasteiger partial charge in [-0.15, -0.1) is 0 Å². The van der Waals surface area contributed by atoms with Gasteiger partial charge in [-0.1, -0.05) is 17.7 Å². The van der Waals surface area contributed by atoms with Gasteiger partial charge in [-0.25, -0.2) is 18.0 Å². The van der Waals surface area contributed by atoms with Crippen molar-refractivity contribution < 1.29 is 31.2 Å². The number of urea groups is 1. The van der Waals surface area contributed by atoms with Crippen LogP contribution in [0.15, 0.2) is 63.0 Å². The number of nitrogens with zero attached hydrogens (tertiary/aromatic N) is 2. The molecule has 1 unspecified atom stereocenters. The second kappa shape index (κ2) is 9.55. The third-order valence-electron chi connectivity index (χ3n) is 5.83. The fraction of sp³-hybridized carbons (Fsp3) is 0.182. The summed E-state index contributed by atoms with van der Waals surface area (Å²) >= 11 is 5.85. The molecule has 1 atom stereocenters. The van der Waals surface area contributed by atoms with E-state index in [9.17, 15) is 40.8 Å². The van der Waals surface area contributed by atoms with Crippen LogP contribution in [-0.4, -0.2) is 35.7 Å². The zero-order chi connectivity index (χ0) is 28.9. The van der Waals surface area contributed by atoms with E-state index in [2.05, 4.69) is 10.6 Å². The molecule has 3 amide bonds. The first-order valence-corrected chi connectivity index (χ1v) is 12.6. The van der Waals surface area contributed by atoms with Crippen molar-refractivity contribution in [3.8, 4) is 0 Å². The van der Waals surface area contributed by atoms with E-state index >= 15 is 0 Å². The molecule has 12 nitrogen and oxygen atoms in total. The van der Waals surface area contributed by atoms with Crippen LogP contribution in [0.4, 0.5) is 35.2 Å². The number of fused-ring (bicyclic) bond motifs is 1. The highest BCUT2D eigenvalue weighted by molar-refractivity contribution is 7.89. The molecule has 1 aliphatic rings. The Labute approximate surface area is 222 Å².